The van der Waals surface area contributed by atoms with Gasteiger partial charge in [0.15, 0.2) is 6.29 Å². The molecule has 7 unspecified atom stereocenters. The van der Waals surface area contributed by atoms with E-state index in [1.54, 1.807) is 0 Å². The summed E-state index contributed by atoms with van der Waals surface area (Å²) in [6, 6.07) is -0.717. The first kappa shape index (κ1) is 83.9. The Balaban J connectivity index is 2.04. The first-order valence-electron chi connectivity index (χ1n) is 39.4. The summed E-state index contributed by atoms with van der Waals surface area (Å²) >= 11 is 0. The Kier molecular flexibility index (Phi) is 65.4. The quantitative estimate of drug-likeness (QED) is 0.0261. The fourth-order valence-electron chi connectivity index (χ4n) is 13.2. The van der Waals surface area contributed by atoms with Crippen LogP contribution in [0.4, 0.5) is 0 Å². The van der Waals surface area contributed by atoms with E-state index in [0.29, 0.717) is 12.8 Å². The number of carbonyl (C=O) groups is 1. The molecule has 0 aliphatic carbocycles. The van der Waals surface area contributed by atoms with Crippen molar-refractivity contribution in [1.29, 1.82) is 0 Å². The lowest BCUT2D eigenvalue weighted by Gasteiger charge is -2.40. The minimum atomic E-state index is -1.55. The molecule has 1 amide bonds. The van der Waals surface area contributed by atoms with Crippen LogP contribution in [0.15, 0.2) is 12.2 Å². The molecule has 1 aliphatic rings. The topological polar surface area (TPSA) is 149 Å². The van der Waals surface area contributed by atoms with E-state index in [2.05, 4.69) is 31.3 Å². The molecule has 1 heterocycles. The van der Waals surface area contributed by atoms with Crippen LogP contribution in [0.3, 0.4) is 0 Å². The Labute approximate surface area is 541 Å². The number of hydrogen-bond donors (Lipinski definition) is 6. The van der Waals surface area contributed by atoms with Crippen molar-refractivity contribution in [3.8, 4) is 0 Å². The SMILES string of the molecule is CCCCCCCCCC/C=C\CCCCCCCCCCCCCCCCCCCCCCCCCCCC(=O)NC(COC1OC(CO)C(O)C(O)C1O)C(O)CCCCCCCCCCCCCCCCCCCCCCCCCCCCC. The number of hydrogen-bond acceptors (Lipinski definition) is 8. The van der Waals surface area contributed by atoms with Gasteiger partial charge in [-0.1, -0.05) is 392 Å². The van der Waals surface area contributed by atoms with Crippen LogP contribution in [0.5, 0.6) is 0 Å². The second kappa shape index (κ2) is 67.8. The minimum Gasteiger partial charge on any atom is -0.394 e. The van der Waals surface area contributed by atoms with Gasteiger partial charge in [0.1, 0.15) is 24.4 Å². The van der Waals surface area contributed by atoms with Crippen LogP contribution in [0.25, 0.3) is 0 Å². The Morgan fingerprint density at radius 2 is 0.644 bits per heavy atom. The molecule has 1 fully saturated rings. The molecule has 1 saturated heterocycles. The molecule has 0 aromatic carbocycles. The van der Waals surface area contributed by atoms with Gasteiger partial charge in [0.25, 0.3) is 0 Å². The maximum Gasteiger partial charge on any atom is 0.220 e. The van der Waals surface area contributed by atoms with Crippen LogP contribution in [0.2, 0.25) is 0 Å². The van der Waals surface area contributed by atoms with Crippen LogP contribution in [-0.4, -0.2) is 87.5 Å². The molecule has 518 valence electrons. The van der Waals surface area contributed by atoms with E-state index < -0.39 is 49.5 Å². The second-order valence-corrected chi connectivity index (χ2v) is 27.9. The van der Waals surface area contributed by atoms with E-state index in [1.165, 1.54) is 360 Å². The Morgan fingerprint density at radius 3 is 0.931 bits per heavy atom. The highest BCUT2D eigenvalue weighted by Crippen LogP contribution is 2.24. The molecular formula is C78H153NO8. The van der Waals surface area contributed by atoms with E-state index in [0.717, 1.165) is 38.5 Å². The summed E-state index contributed by atoms with van der Waals surface area (Å²) < 4.78 is 11.4. The summed E-state index contributed by atoms with van der Waals surface area (Å²) in [4.78, 5) is 13.2. The highest BCUT2D eigenvalue weighted by molar-refractivity contribution is 5.76. The van der Waals surface area contributed by atoms with Crippen LogP contribution in [-0.2, 0) is 14.3 Å². The van der Waals surface area contributed by atoms with E-state index in [9.17, 15) is 30.3 Å². The predicted molar refractivity (Wildman–Crippen MR) is 374 cm³/mol. The third kappa shape index (κ3) is 56.2. The van der Waals surface area contributed by atoms with Crippen LogP contribution in [0, 0.1) is 0 Å². The second-order valence-electron chi connectivity index (χ2n) is 27.9. The maximum absolute atomic E-state index is 13.2. The number of amides is 1. The van der Waals surface area contributed by atoms with Crippen LogP contribution >= 0.6 is 0 Å². The molecule has 9 nitrogen and oxygen atoms in total. The molecule has 0 radical (unpaired) electrons. The van der Waals surface area contributed by atoms with Crippen molar-refractivity contribution >= 4 is 5.91 Å². The van der Waals surface area contributed by atoms with Gasteiger partial charge in [-0.3, -0.25) is 4.79 Å². The zero-order valence-electron chi connectivity index (χ0n) is 58.3. The highest BCUT2D eigenvalue weighted by Gasteiger charge is 2.44. The summed E-state index contributed by atoms with van der Waals surface area (Å²) in [6.07, 6.45) is 81.8. The molecule has 0 saturated carbocycles. The number of carbonyl (C=O) groups excluding carboxylic acids is 1. The number of allylic oxidation sites excluding steroid dienone is 2. The lowest BCUT2D eigenvalue weighted by molar-refractivity contribution is -0.302. The molecule has 6 N–H and O–H groups in total. The van der Waals surface area contributed by atoms with Crippen molar-refractivity contribution in [3.63, 3.8) is 0 Å². The van der Waals surface area contributed by atoms with Gasteiger partial charge in [-0.25, -0.2) is 0 Å². The average molecular weight is 1230 g/mol. The molecular weight excluding hydrogens is 1080 g/mol. The number of aliphatic hydroxyl groups is 5. The normalized spacial score (nSPS) is 17.9. The van der Waals surface area contributed by atoms with Crippen molar-refractivity contribution in [3.05, 3.63) is 12.2 Å². The molecule has 87 heavy (non-hydrogen) atoms. The minimum absolute atomic E-state index is 0.131. The molecule has 0 aromatic rings. The average Bonchev–Trinajstić information content (AvgIpc) is 3.37. The standard InChI is InChI=1S/C78H153NO8/c1-3-5-7-9-11-13-15-17-19-21-23-25-27-29-31-32-33-34-35-36-37-38-39-40-42-44-46-48-50-52-54-56-58-60-62-64-66-68-74(82)79-71(70-86-78-77(85)76(84)75(83)73(69-80)87-78)72(81)67-65-63-61-59-57-55-53-51-49-47-45-43-41-30-28-26-24-22-20-18-16-14-12-10-8-6-4-2/h21,23,71-73,75-78,80-81,83-85H,3-20,22,24-70H2,1-2H3,(H,79,82)/b23-21-. The Morgan fingerprint density at radius 1 is 0.379 bits per heavy atom. The van der Waals surface area contributed by atoms with E-state index in [-0.39, 0.29) is 12.5 Å². The van der Waals surface area contributed by atoms with Gasteiger partial charge < -0.3 is 40.3 Å². The maximum atomic E-state index is 13.2. The number of unbranched alkanes of at least 4 members (excludes halogenated alkanes) is 59. The first-order valence-corrected chi connectivity index (χ1v) is 39.4. The summed E-state index contributed by atoms with van der Waals surface area (Å²) in [6.45, 7) is 3.91. The molecule has 0 spiro atoms. The molecule has 0 aromatic heterocycles. The van der Waals surface area contributed by atoms with Gasteiger partial charge in [-0.15, -0.1) is 0 Å². The molecule has 1 rings (SSSR count). The van der Waals surface area contributed by atoms with Crippen molar-refractivity contribution in [1.82, 2.24) is 5.32 Å². The van der Waals surface area contributed by atoms with Crippen molar-refractivity contribution < 1.29 is 39.8 Å². The van der Waals surface area contributed by atoms with Crippen molar-refractivity contribution in [2.24, 2.45) is 0 Å². The first-order chi connectivity index (χ1) is 42.8. The summed E-state index contributed by atoms with van der Waals surface area (Å²) in [5.41, 5.74) is 0. The zero-order valence-corrected chi connectivity index (χ0v) is 58.3. The van der Waals surface area contributed by atoms with Gasteiger partial charge in [0.05, 0.1) is 25.4 Å². The van der Waals surface area contributed by atoms with E-state index in [4.69, 9.17) is 9.47 Å². The van der Waals surface area contributed by atoms with Crippen LogP contribution < -0.4 is 5.32 Å². The van der Waals surface area contributed by atoms with Gasteiger partial charge >= 0.3 is 0 Å². The summed E-state index contributed by atoms with van der Waals surface area (Å²) in [5.74, 6) is -0.133. The van der Waals surface area contributed by atoms with Crippen molar-refractivity contribution in [2.75, 3.05) is 13.2 Å². The largest absolute Gasteiger partial charge is 0.394 e. The summed E-state index contributed by atoms with van der Waals surface area (Å²) in [5, 5.41) is 55.1. The number of aliphatic hydroxyl groups excluding tert-OH is 5. The monoisotopic (exact) mass is 1230 g/mol. The smallest absolute Gasteiger partial charge is 0.220 e. The predicted octanol–water partition coefficient (Wildman–Crippen LogP) is 22.2. The number of nitrogens with one attached hydrogen (secondary N) is 1. The van der Waals surface area contributed by atoms with Gasteiger partial charge in [0, 0.05) is 6.42 Å². The fraction of sp³-hybridized carbons (Fsp3) is 0.962. The third-order valence-electron chi connectivity index (χ3n) is 19.4. The van der Waals surface area contributed by atoms with Crippen molar-refractivity contribution in [2.45, 2.75) is 468 Å². The Hall–Kier alpha value is -1.07. The fourth-order valence-corrected chi connectivity index (χ4v) is 13.2. The summed E-state index contributed by atoms with van der Waals surface area (Å²) in [7, 11) is 0. The van der Waals surface area contributed by atoms with Gasteiger partial charge in [-0.05, 0) is 38.5 Å². The van der Waals surface area contributed by atoms with E-state index in [1.807, 2.05) is 0 Å². The van der Waals surface area contributed by atoms with E-state index >= 15 is 0 Å². The zero-order chi connectivity index (χ0) is 62.8. The number of ether oxygens (including phenoxy) is 2. The third-order valence-corrected chi connectivity index (χ3v) is 19.4. The van der Waals surface area contributed by atoms with Gasteiger partial charge in [-0.2, -0.15) is 0 Å². The molecule has 0 bridgehead atoms. The molecule has 9 heteroatoms. The Bertz CT molecular complexity index is 1380. The lowest BCUT2D eigenvalue weighted by Crippen LogP contribution is -2.60. The van der Waals surface area contributed by atoms with Crippen LogP contribution in [0.1, 0.15) is 425 Å². The van der Waals surface area contributed by atoms with Gasteiger partial charge in [0.2, 0.25) is 5.91 Å². The number of rotatable bonds is 71. The molecule has 7 atom stereocenters. The lowest BCUT2D eigenvalue weighted by atomic mass is 9.99. The molecule has 1 aliphatic heterocycles. The highest BCUT2D eigenvalue weighted by atomic mass is 16.7.